The molecule has 0 atom stereocenters. The molecule has 0 heterocycles. The Morgan fingerprint density at radius 3 is 2.48 bits per heavy atom. The van der Waals surface area contributed by atoms with Crippen molar-refractivity contribution in [2.75, 3.05) is 7.11 Å². The Bertz CT molecular complexity index is 662. The number of rotatable bonds is 4. The minimum atomic E-state index is -0.461. The number of carbonyl (C=O) groups is 1. The van der Waals surface area contributed by atoms with Gasteiger partial charge in [-0.2, -0.15) is 0 Å². The molecule has 0 aliphatic carbocycles. The van der Waals surface area contributed by atoms with Gasteiger partial charge in [0.05, 0.1) is 18.9 Å². The van der Waals surface area contributed by atoms with Gasteiger partial charge in [-0.05, 0) is 37.3 Å². The lowest BCUT2D eigenvalue weighted by Crippen LogP contribution is -2.09. The zero-order chi connectivity index (χ0) is 15.2. The number of carbonyl (C=O) groups excluding carboxylic acids is 1. The van der Waals surface area contributed by atoms with E-state index in [0.717, 1.165) is 5.56 Å². The molecule has 5 heteroatoms. The summed E-state index contributed by atoms with van der Waals surface area (Å²) >= 11 is 0. The predicted molar refractivity (Wildman–Crippen MR) is 78.5 cm³/mol. The number of oxime groups is 1. The minimum absolute atomic E-state index is 0.304. The van der Waals surface area contributed by atoms with E-state index in [1.165, 1.54) is 13.3 Å². The topological polar surface area (TPSA) is 68.1 Å². The first-order valence-corrected chi connectivity index (χ1v) is 6.28. The van der Waals surface area contributed by atoms with Crippen LogP contribution < -0.4 is 9.47 Å². The molecule has 1 N–H and O–H groups in total. The number of benzene rings is 2. The van der Waals surface area contributed by atoms with E-state index in [1.807, 2.05) is 19.1 Å². The molecular formula is C16H15NO4. The van der Waals surface area contributed by atoms with E-state index >= 15 is 0 Å². The van der Waals surface area contributed by atoms with Crippen LogP contribution in [0.1, 0.15) is 21.5 Å². The lowest BCUT2D eigenvalue weighted by Gasteiger charge is -2.10. The third kappa shape index (κ3) is 3.60. The van der Waals surface area contributed by atoms with Gasteiger partial charge in [-0.1, -0.05) is 22.9 Å². The standard InChI is InChI=1S/C16H15NO4/c1-11-3-6-13(7-4-11)16(18)21-14-8-5-12(10-17-19)9-15(14)20-2/h3-10,19H,1-2H3/b17-10-. The second-order valence-electron chi connectivity index (χ2n) is 4.41. The maximum Gasteiger partial charge on any atom is 0.343 e. The molecule has 0 bridgehead atoms. The fourth-order valence-electron chi connectivity index (χ4n) is 1.76. The van der Waals surface area contributed by atoms with Gasteiger partial charge in [0.2, 0.25) is 0 Å². The number of esters is 1. The second-order valence-corrected chi connectivity index (χ2v) is 4.41. The number of ether oxygens (including phenoxy) is 2. The third-order valence-electron chi connectivity index (χ3n) is 2.88. The van der Waals surface area contributed by atoms with E-state index < -0.39 is 5.97 Å². The monoisotopic (exact) mass is 285 g/mol. The Labute approximate surface area is 122 Å². The summed E-state index contributed by atoms with van der Waals surface area (Å²) in [4.78, 5) is 12.1. The molecule has 0 saturated heterocycles. The van der Waals surface area contributed by atoms with E-state index in [-0.39, 0.29) is 0 Å². The van der Waals surface area contributed by atoms with Gasteiger partial charge in [-0.15, -0.1) is 0 Å². The minimum Gasteiger partial charge on any atom is -0.493 e. The van der Waals surface area contributed by atoms with Crippen LogP contribution in [0.15, 0.2) is 47.6 Å². The van der Waals surface area contributed by atoms with Crippen molar-refractivity contribution < 1.29 is 19.5 Å². The lowest BCUT2D eigenvalue weighted by molar-refractivity contribution is 0.0729. The highest BCUT2D eigenvalue weighted by Gasteiger charge is 2.12. The van der Waals surface area contributed by atoms with Crippen molar-refractivity contribution in [2.45, 2.75) is 6.92 Å². The molecule has 2 rings (SSSR count). The molecular weight excluding hydrogens is 270 g/mol. The Kier molecular flexibility index (Phi) is 4.56. The maximum absolute atomic E-state index is 12.1. The molecule has 0 radical (unpaired) electrons. The van der Waals surface area contributed by atoms with E-state index in [0.29, 0.717) is 22.6 Å². The van der Waals surface area contributed by atoms with Crippen molar-refractivity contribution in [3.05, 3.63) is 59.2 Å². The van der Waals surface area contributed by atoms with E-state index in [1.54, 1.807) is 30.3 Å². The van der Waals surface area contributed by atoms with Crippen LogP contribution in [0.3, 0.4) is 0 Å². The predicted octanol–water partition coefficient (Wildman–Crippen LogP) is 3.03. The zero-order valence-corrected chi connectivity index (χ0v) is 11.7. The average molecular weight is 285 g/mol. The molecule has 0 unspecified atom stereocenters. The van der Waals surface area contributed by atoms with Gasteiger partial charge >= 0.3 is 5.97 Å². The Balaban J connectivity index is 2.22. The molecule has 0 aromatic heterocycles. The highest BCUT2D eigenvalue weighted by atomic mass is 16.6. The number of methoxy groups -OCH3 is 1. The van der Waals surface area contributed by atoms with Crippen molar-refractivity contribution in [3.8, 4) is 11.5 Å². The molecule has 0 spiro atoms. The number of hydrogen-bond donors (Lipinski definition) is 1. The van der Waals surface area contributed by atoms with Crippen molar-refractivity contribution in [3.63, 3.8) is 0 Å². The van der Waals surface area contributed by atoms with Crippen molar-refractivity contribution in [1.29, 1.82) is 0 Å². The van der Waals surface area contributed by atoms with Crippen LogP contribution in [0.25, 0.3) is 0 Å². The molecule has 2 aromatic rings. The molecule has 0 fully saturated rings. The number of aryl methyl sites for hydroxylation is 1. The van der Waals surface area contributed by atoms with Crippen LogP contribution in [0, 0.1) is 6.92 Å². The molecule has 5 nitrogen and oxygen atoms in total. The van der Waals surface area contributed by atoms with Gasteiger partial charge in [0.25, 0.3) is 0 Å². The van der Waals surface area contributed by atoms with E-state index in [4.69, 9.17) is 14.7 Å². The summed E-state index contributed by atoms with van der Waals surface area (Å²) in [7, 11) is 1.47. The van der Waals surface area contributed by atoms with Crippen molar-refractivity contribution in [2.24, 2.45) is 5.16 Å². The van der Waals surface area contributed by atoms with Gasteiger partial charge in [0.15, 0.2) is 11.5 Å². The first-order valence-electron chi connectivity index (χ1n) is 6.28. The first-order chi connectivity index (χ1) is 10.1. The van der Waals surface area contributed by atoms with Crippen LogP contribution in [-0.4, -0.2) is 24.5 Å². The number of hydrogen-bond acceptors (Lipinski definition) is 5. The summed E-state index contributed by atoms with van der Waals surface area (Å²) in [6, 6.07) is 11.9. The van der Waals surface area contributed by atoms with E-state index in [9.17, 15) is 4.79 Å². The average Bonchev–Trinajstić information content (AvgIpc) is 2.49. The fraction of sp³-hybridized carbons (Fsp3) is 0.125. The Morgan fingerprint density at radius 2 is 1.86 bits per heavy atom. The van der Waals surface area contributed by atoms with Crippen molar-refractivity contribution in [1.82, 2.24) is 0 Å². The maximum atomic E-state index is 12.1. The summed E-state index contributed by atoms with van der Waals surface area (Å²) < 4.78 is 10.5. The van der Waals surface area contributed by atoms with Crippen LogP contribution in [0.4, 0.5) is 0 Å². The molecule has 21 heavy (non-hydrogen) atoms. The molecule has 0 saturated carbocycles. The van der Waals surface area contributed by atoms with E-state index in [2.05, 4.69) is 5.16 Å². The molecule has 108 valence electrons. The van der Waals surface area contributed by atoms with Gasteiger partial charge in [0, 0.05) is 5.56 Å². The van der Waals surface area contributed by atoms with Gasteiger partial charge in [-0.3, -0.25) is 0 Å². The first kappa shape index (κ1) is 14.6. The normalized spacial score (nSPS) is 10.6. The van der Waals surface area contributed by atoms with Gasteiger partial charge in [0.1, 0.15) is 0 Å². The lowest BCUT2D eigenvalue weighted by atomic mass is 10.1. The SMILES string of the molecule is COc1cc(/C=N\O)ccc1OC(=O)c1ccc(C)cc1. The van der Waals surface area contributed by atoms with Gasteiger partial charge < -0.3 is 14.7 Å². The van der Waals surface area contributed by atoms with Crippen molar-refractivity contribution >= 4 is 12.2 Å². The summed E-state index contributed by atoms with van der Waals surface area (Å²) in [5.41, 5.74) is 2.16. The quantitative estimate of drug-likeness (QED) is 0.308. The Morgan fingerprint density at radius 1 is 1.14 bits per heavy atom. The smallest absolute Gasteiger partial charge is 0.343 e. The van der Waals surface area contributed by atoms with Gasteiger partial charge in [-0.25, -0.2) is 4.79 Å². The Hall–Kier alpha value is -2.82. The number of nitrogens with zero attached hydrogens (tertiary/aromatic N) is 1. The summed E-state index contributed by atoms with van der Waals surface area (Å²) in [5.74, 6) is 0.225. The second kappa shape index (κ2) is 6.56. The highest BCUT2D eigenvalue weighted by molar-refractivity contribution is 5.91. The molecule has 0 aliphatic heterocycles. The highest BCUT2D eigenvalue weighted by Crippen LogP contribution is 2.28. The zero-order valence-electron chi connectivity index (χ0n) is 11.7. The summed E-state index contributed by atoms with van der Waals surface area (Å²) in [6.45, 7) is 1.94. The van der Waals surface area contributed by atoms with Crippen LogP contribution in [-0.2, 0) is 0 Å². The largest absolute Gasteiger partial charge is 0.493 e. The third-order valence-corrected chi connectivity index (χ3v) is 2.88. The summed E-state index contributed by atoms with van der Waals surface area (Å²) in [5, 5.41) is 11.5. The summed E-state index contributed by atoms with van der Waals surface area (Å²) in [6.07, 6.45) is 1.26. The van der Waals surface area contributed by atoms with Crippen LogP contribution in [0.5, 0.6) is 11.5 Å². The van der Waals surface area contributed by atoms with Crippen LogP contribution >= 0.6 is 0 Å². The fourth-order valence-corrected chi connectivity index (χ4v) is 1.76. The molecule has 2 aromatic carbocycles. The molecule has 0 amide bonds. The molecule has 0 aliphatic rings. The van der Waals surface area contributed by atoms with Crippen LogP contribution in [0.2, 0.25) is 0 Å².